The zero-order valence-corrected chi connectivity index (χ0v) is 11.3. The van der Waals surface area contributed by atoms with E-state index in [-0.39, 0.29) is 17.8 Å². The van der Waals surface area contributed by atoms with Crippen LogP contribution >= 0.6 is 0 Å². The van der Waals surface area contributed by atoms with E-state index in [1.807, 2.05) is 6.92 Å². The number of carbonyl (C=O) groups is 2. The summed E-state index contributed by atoms with van der Waals surface area (Å²) in [6.07, 6.45) is -3.58. The SMILES string of the molecule is CCCC(=O)CC(=O)O.N#Cc1cccc(C(F)(F)F)c1. The number of alkyl halides is 3. The van der Waals surface area contributed by atoms with E-state index < -0.39 is 17.7 Å². The molecule has 0 bridgehead atoms. The molecule has 1 rings (SSSR count). The number of benzene rings is 1. The Morgan fingerprint density at radius 2 is 1.95 bits per heavy atom. The summed E-state index contributed by atoms with van der Waals surface area (Å²) in [6.45, 7) is 1.85. The first-order valence-corrected chi connectivity index (χ1v) is 6.01. The highest BCUT2D eigenvalue weighted by molar-refractivity contribution is 5.94. The summed E-state index contributed by atoms with van der Waals surface area (Å²) in [6, 6.07) is 5.93. The molecule has 0 aliphatic carbocycles. The summed E-state index contributed by atoms with van der Waals surface area (Å²) >= 11 is 0. The number of nitriles is 1. The molecule has 7 heteroatoms. The molecule has 0 fully saturated rings. The van der Waals surface area contributed by atoms with E-state index in [1.54, 1.807) is 6.07 Å². The van der Waals surface area contributed by atoms with Crippen molar-refractivity contribution in [1.82, 2.24) is 0 Å². The van der Waals surface area contributed by atoms with E-state index >= 15 is 0 Å². The highest BCUT2D eigenvalue weighted by atomic mass is 19.4. The van der Waals surface area contributed by atoms with Gasteiger partial charge in [0.25, 0.3) is 0 Å². The van der Waals surface area contributed by atoms with Crippen LogP contribution in [0, 0.1) is 11.3 Å². The predicted molar refractivity (Wildman–Crippen MR) is 68.3 cm³/mol. The number of carbonyl (C=O) groups excluding carboxylic acids is 1. The van der Waals surface area contributed by atoms with Crippen LogP contribution in [-0.4, -0.2) is 16.9 Å². The molecular formula is C14H14F3NO3. The van der Waals surface area contributed by atoms with Crippen LogP contribution in [0.1, 0.15) is 37.3 Å². The molecule has 0 aliphatic rings. The molecule has 1 aromatic rings. The molecule has 0 amide bonds. The van der Waals surface area contributed by atoms with Gasteiger partial charge in [0.05, 0.1) is 17.2 Å². The minimum absolute atomic E-state index is 0.0184. The largest absolute Gasteiger partial charge is 0.481 e. The molecule has 1 N–H and O–H groups in total. The van der Waals surface area contributed by atoms with Crippen LogP contribution in [0.25, 0.3) is 0 Å². The van der Waals surface area contributed by atoms with E-state index in [4.69, 9.17) is 10.4 Å². The first-order chi connectivity index (χ1) is 9.70. The normalized spacial score (nSPS) is 10.0. The average Bonchev–Trinajstić information content (AvgIpc) is 2.38. The Kier molecular flexibility index (Phi) is 7.76. The fraction of sp³-hybridized carbons (Fsp3) is 0.357. The first kappa shape index (κ1) is 18.6. The molecule has 1 aromatic carbocycles. The maximum Gasteiger partial charge on any atom is 0.416 e. The third-order valence-corrected chi connectivity index (χ3v) is 2.20. The summed E-state index contributed by atoms with van der Waals surface area (Å²) in [4.78, 5) is 20.3. The molecule has 114 valence electrons. The summed E-state index contributed by atoms with van der Waals surface area (Å²) in [5.74, 6) is -1.22. The van der Waals surface area contributed by atoms with E-state index in [2.05, 4.69) is 0 Å². The Balaban J connectivity index is 0.000000400. The van der Waals surface area contributed by atoms with Crippen molar-refractivity contribution in [2.75, 3.05) is 0 Å². The lowest BCUT2D eigenvalue weighted by Gasteiger charge is -2.05. The lowest BCUT2D eigenvalue weighted by molar-refractivity contribution is -0.140. The van der Waals surface area contributed by atoms with Crippen molar-refractivity contribution in [3.8, 4) is 6.07 Å². The highest BCUT2D eigenvalue weighted by Crippen LogP contribution is 2.29. The standard InChI is InChI=1S/C8H4F3N.C6H10O3/c9-8(10,11)7-3-1-2-6(4-7)5-12;1-2-3-5(7)4-6(8)9/h1-4H;2-4H2,1H3,(H,8,9). The Bertz CT molecular complexity index is 533. The van der Waals surface area contributed by atoms with Crippen molar-refractivity contribution >= 4 is 11.8 Å². The number of halogens is 3. The highest BCUT2D eigenvalue weighted by Gasteiger charge is 2.30. The lowest BCUT2D eigenvalue weighted by Crippen LogP contribution is -2.05. The van der Waals surface area contributed by atoms with Crippen molar-refractivity contribution in [1.29, 1.82) is 5.26 Å². The number of carboxylic acid groups (broad SMARTS) is 1. The number of rotatable bonds is 4. The molecule has 21 heavy (non-hydrogen) atoms. The molecule has 0 atom stereocenters. The molecule has 0 unspecified atom stereocenters. The second-order valence-electron chi connectivity index (χ2n) is 4.05. The Labute approximate surface area is 119 Å². The summed E-state index contributed by atoms with van der Waals surface area (Å²) in [5.41, 5.74) is -0.772. The Hall–Kier alpha value is -2.36. The van der Waals surface area contributed by atoms with Crippen LogP contribution in [-0.2, 0) is 15.8 Å². The number of aliphatic carboxylic acids is 1. The molecule has 0 saturated carbocycles. The fourth-order valence-electron chi connectivity index (χ4n) is 1.30. The lowest BCUT2D eigenvalue weighted by atomic mass is 10.1. The maximum atomic E-state index is 12.0. The van der Waals surface area contributed by atoms with Gasteiger partial charge >= 0.3 is 12.1 Å². The Morgan fingerprint density at radius 3 is 2.38 bits per heavy atom. The number of ketones is 1. The van der Waals surface area contributed by atoms with Crippen molar-refractivity contribution in [3.63, 3.8) is 0 Å². The number of carboxylic acids is 1. The molecule has 0 aromatic heterocycles. The van der Waals surface area contributed by atoms with Crippen molar-refractivity contribution in [2.24, 2.45) is 0 Å². The fourth-order valence-corrected chi connectivity index (χ4v) is 1.30. The van der Waals surface area contributed by atoms with Gasteiger partial charge in [-0.15, -0.1) is 0 Å². The second kappa shape index (κ2) is 8.74. The van der Waals surface area contributed by atoms with Crippen LogP contribution in [0.15, 0.2) is 24.3 Å². The quantitative estimate of drug-likeness (QED) is 0.864. The number of hydrogen-bond acceptors (Lipinski definition) is 3. The van der Waals surface area contributed by atoms with Gasteiger partial charge in [0.15, 0.2) is 0 Å². The maximum absolute atomic E-state index is 12.0. The molecular weight excluding hydrogens is 287 g/mol. The van der Waals surface area contributed by atoms with Gasteiger partial charge in [0, 0.05) is 6.42 Å². The van der Waals surface area contributed by atoms with Gasteiger partial charge in [-0.3, -0.25) is 9.59 Å². The smallest absolute Gasteiger partial charge is 0.416 e. The first-order valence-electron chi connectivity index (χ1n) is 6.01. The third-order valence-electron chi connectivity index (χ3n) is 2.20. The zero-order chi connectivity index (χ0) is 16.5. The van der Waals surface area contributed by atoms with Crippen molar-refractivity contribution < 1.29 is 27.9 Å². The third kappa shape index (κ3) is 8.42. The number of Topliss-reactive ketones (excluding diaryl/α,β-unsaturated/α-hetero) is 1. The number of hydrogen-bond donors (Lipinski definition) is 1. The minimum Gasteiger partial charge on any atom is -0.481 e. The van der Waals surface area contributed by atoms with Crippen LogP contribution in [0.5, 0.6) is 0 Å². The van der Waals surface area contributed by atoms with E-state index in [1.165, 1.54) is 12.1 Å². The molecule has 0 spiro atoms. The van der Waals surface area contributed by atoms with Gasteiger partial charge in [-0.25, -0.2) is 0 Å². The van der Waals surface area contributed by atoms with E-state index in [9.17, 15) is 22.8 Å². The predicted octanol–water partition coefficient (Wildman–Crippen LogP) is 3.41. The number of nitrogens with zero attached hydrogens (tertiary/aromatic N) is 1. The van der Waals surface area contributed by atoms with E-state index in [0.717, 1.165) is 18.6 Å². The van der Waals surface area contributed by atoms with E-state index in [0.29, 0.717) is 6.42 Å². The van der Waals surface area contributed by atoms with Crippen LogP contribution in [0.3, 0.4) is 0 Å². The molecule has 4 nitrogen and oxygen atoms in total. The zero-order valence-electron chi connectivity index (χ0n) is 11.3. The summed E-state index contributed by atoms with van der Waals surface area (Å²) in [5, 5.41) is 16.4. The molecule has 0 radical (unpaired) electrons. The molecule has 0 heterocycles. The summed E-state index contributed by atoms with van der Waals surface area (Å²) in [7, 11) is 0. The van der Waals surface area contributed by atoms with Gasteiger partial charge in [-0.2, -0.15) is 18.4 Å². The Morgan fingerprint density at radius 1 is 1.33 bits per heavy atom. The molecule has 0 saturated heterocycles. The summed E-state index contributed by atoms with van der Waals surface area (Å²) < 4.78 is 36.0. The van der Waals surface area contributed by atoms with Gasteiger partial charge in [0.2, 0.25) is 0 Å². The molecule has 0 aliphatic heterocycles. The van der Waals surface area contributed by atoms with Gasteiger partial charge < -0.3 is 5.11 Å². The van der Waals surface area contributed by atoms with Crippen LogP contribution < -0.4 is 0 Å². The van der Waals surface area contributed by atoms with Gasteiger partial charge in [0.1, 0.15) is 12.2 Å². The monoisotopic (exact) mass is 301 g/mol. The van der Waals surface area contributed by atoms with Crippen LogP contribution in [0.2, 0.25) is 0 Å². The second-order valence-corrected chi connectivity index (χ2v) is 4.05. The minimum atomic E-state index is -4.37. The van der Waals surface area contributed by atoms with Crippen molar-refractivity contribution in [3.05, 3.63) is 35.4 Å². The van der Waals surface area contributed by atoms with Crippen LogP contribution in [0.4, 0.5) is 13.2 Å². The van der Waals surface area contributed by atoms with Crippen molar-refractivity contribution in [2.45, 2.75) is 32.4 Å². The average molecular weight is 301 g/mol. The van der Waals surface area contributed by atoms with Gasteiger partial charge in [-0.1, -0.05) is 13.0 Å². The topological polar surface area (TPSA) is 78.2 Å². The van der Waals surface area contributed by atoms with Gasteiger partial charge in [-0.05, 0) is 24.6 Å².